The van der Waals surface area contributed by atoms with Gasteiger partial charge in [0.15, 0.2) is 0 Å². The van der Waals surface area contributed by atoms with Crippen LogP contribution in [0.2, 0.25) is 0 Å². The van der Waals surface area contributed by atoms with Crippen molar-refractivity contribution in [2.75, 3.05) is 24.6 Å². The van der Waals surface area contributed by atoms with Crippen molar-refractivity contribution in [1.29, 1.82) is 0 Å². The van der Waals surface area contributed by atoms with E-state index in [1.807, 2.05) is 25.7 Å². The zero-order chi connectivity index (χ0) is 17.1. The highest BCUT2D eigenvalue weighted by Crippen LogP contribution is 2.28. The molecule has 2 rings (SSSR count). The number of rotatable bonds is 6. The molecule has 6 nitrogen and oxygen atoms in total. The summed E-state index contributed by atoms with van der Waals surface area (Å²) in [7, 11) is -2.80. The van der Waals surface area contributed by atoms with Crippen LogP contribution in [0.3, 0.4) is 0 Å². The first-order valence-electron chi connectivity index (χ1n) is 8.60. The van der Waals surface area contributed by atoms with E-state index < -0.39 is 15.4 Å². The molecule has 1 amide bonds. The van der Waals surface area contributed by atoms with Gasteiger partial charge in [-0.15, -0.1) is 0 Å². The molecule has 0 aromatic rings. The highest BCUT2D eigenvalue weighted by atomic mass is 32.2. The van der Waals surface area contributed by atoms with Crippen molar-refractivity contribution in [2.24, 2.45) is 0 Å². The van der Waals surface area contributed by atoms with Gasteiger partial charge in [-0.05, 0) is 59.4 Å². The van der Waals surface area contributed by atoms with Crippen LogP contribution in [-0.2, 0) is 14.6 Å². The Kier molecular flexibility index (Phi) is 5.94. The van der Waals surface area contributed by atoms with Crippen LogP contribution in [0.25, 0.3) is 0 Å². The standard InChI is InChI=1S/C16H30N2O4S/c1-16(2,3)22-15(19)18(14-5-6-14)10-4-9-17-13-7-11-23(20,21)12-8-13/h13-14,17H,4-12H2,1-3H3. The molecule has 1 heterocycles. The summed E-state index contributed by atoms with van der Waals surface area (Å²) < 4.78 is 28.3. The fraction of sp³-hybridized carbons (Fsp3) is 0.938. The second kappa shape index (κ2) is 7.38. The molecule has 0 spiro atoms. The molecule has 2 aliphatic rings. The quantitative estimate of drug-likeness (QED) is 0.744. The van der Waals surface area contributed by atoms with Crippen LogP contribution < -0.4 is 5.32 Å². The number of nitrogens with zero attached hydrogens (tertiary/aromatic N) is 1. The maximum absolute atomic E-state index is 12.2. The lowest BCUT2D eigenvalue weighted by Crippen LogP contribution is -2.41. The third-order valence-electron chi connectivity index (χ3n) is 4.18. The van der Waals surface area contributed by atoms with Crippen molar-refractivity contribution >= 4 is 15.9 Å². The minimum Gasteiger partial charge on any atom is -0.444 e. The number of sulfone groups is 1. The van der Waals surface area contributed by atoms with Crippen molar-refractivity contribution in [3.05, 3.63) is 0 Å². The average Bonchev–Trinajstić information content (AvgIpc) is 3.22. The molecule has 0 aromatic heterocycles. The smallest absolute Gasteiger partial charge is 0.410 e. The van der Waals surface area contributed by atoms with Crippen LogP contribution in [0.15, 0.2) is 0 Å². The molecule has 0 radical (unpaired) electrons. The Morgan fingerprint density at radius 1 is 1.17 bits per heavy atom. The monoisotopic (exact) mass is 346 g/mol. The van der Waals surface area contributed by atoms with Crippen molar-refractivity contribution in [2.45, 2.75) is 70.6 Å². The summed E-state index contributed by atoms with van der Waals surface area (Å²) in [6, 6.07) is 0.624. The van der Waals surface area contributed by atoms with Gasteiger partial charge in [-0.25, -0.2) is 13.2 Å². The first-order chi connectivity index (χ1) is 10.7. The number of carbonyl (C=O) groups is 1. The number of amides is 1. The first kappa shape index (κ1) is 18.5. The van der Waals surface area contributed by atoms with Crippen LogP contribution in [0.1, 0.15) is 52.9 Å². The third kappa shape index (κ3) is 6.67. The Bertz CT molecular complexity index is 495. The number of hydrogen-bond acceptors (Lipinski definition) is 5. The topological polar surface area (TPSA) is 75.7 Å². The largest absolute Gasteiger partial charge is 0.444 e. The summed E-state index contributed by atoms with van der Waals surface area (Å²) in [5.74, 6) is 0.577. The predicted octanol–water partition coefficient (Wildman–Crippen LogP) is 1.94. The molecular formula is C16H30N2O4S. The first-order valence-corrected chi connectivity index (χ1v) is 10.4. The number of nitrogens with one attached hydrogen (secondary N) is 1. The Balaban J connectivity index is 1.68. The van der Waals surface area contributed by atoms with Crippen LogP contribution in [0.5, 0.6) is 0 Å². The lowest BCUT2D eigenvalue weighted by molar-refractivity contribution is 0.0231. The van der Waals surface area contributed by atoms with Crippen molar-refractivity contribution in [3.63, 3.8) is 0 Å². The minimum atomic E-state index is -2.80. The molecule has 1 saturated heterocycles. The molecule has 1 saturated carbocycles. The minimum absolute atomic E-state index is 0.219. The summed E-state index contributed by atoms with van der Waals surface area (Å²) in [6.45, 7) is 7.15. The van der Waals surface area contributed by atoms with Gasteiger partial charge in [-0.1, -0.05) is 0 Å². The lowest BCUT2D eigenvalue weighted by Gasteiger charge is -2.28. The highest BCUT2D eigenvalue weighted by Gasteiger charge is 2.34. The number of hydrogen-bond donors (Lipinski definition) is 1. The van der Waals surface area contributed by atoms with Crippen LogP contribution in [0, 0.1) is 0 Å². The molecule has 2 fully saturated rings. The van der Waals surface area contributed by atoms with E-state index in [0.29, 0.717) is 25.4 Å². The third-order valence-corrected chi connectivity index (χ3v) is 5.89. The predicted molar refractivity (Wildman–Crippen MR) is 90.3 cm³/mol. The fourth-order valence-corrected chi connectivity index (χ4v) is 4.27. The molecule has 0 bridgehead atoms. The number of ether oxygens (including phenoxy) is 1. The van der Waals surface area contributed by atoms with Gasteiger partial charge in [0.1, 0.15) is 15.4 Å². The Morgan fingerprint density at radius 3 is 2.30 bits per heavy atom. The second-order valence-corrected chi connectivity index (χ2v) is 9.94. The molecule has 0 unspecified atom stereocenters. The molecule has 134 valence electrons. The molecule has 0 atom stereocenters. The maximum atomic E-state index is 12.2. The second-order valence-electron chi connectivity index (χ2n) is 7.64. The van der Waals surface area contributed by atoms with Crippen LogP contribution >= 0.6 is 0 Å². The Morgan fingerprint density at radius 2 is 1.78 bits per heavy atom. The van der Waals surface area contributed by atoms with Crippen molar-refractivity contribution < 1.29 is 17.9 Å². The molecular weight excluding hydrogens is 316 g/mol. The molecule has 23 heavy (non-hydrogen) atoms. The van der Waals surface area contributed by atoms with Crippen molar-refractivity contribution in [3.8, 4) is 0 Å². The fourth-order valence-electron chi connectivity index (χ4n) is 2.78. The molecule has 1 N–H and O–H groups in total. The van der Waals surface area contributed by atoms with Gasteiger partial charge in [0.05, 0.1) is 11.5 Å². The van der Waals surface area contributed by atoms with Crippen LogP contribution in [0.4, 0.5) is 4.79 Å². The molecule has 1 aliphatic heterocycles. The summed E-state index contributed by atoms with van der Waals surface area (Å²) in [6.07, 6.45) is 4.16. The van der Waals surface area contributed by atoms with Crippen molar-refractivity contribution in [1.82, 2.24) is 10.2 Å². The lowest BCUT2D eigenvalue weighted by atomic mass is 10.1. The van der Waals surface area contributed by atoms with E-state index >= 15 is 0 Å². The van der Waals surface area contributed by atoms with Gasteiger partial charge in [0.25, 0.3) is 0 Å². The molecule has 1 aliphatic carbocycles. The van der Waals surface area contributed by atoms with Gasteiger partial charge in [0.2, 0.25) is 0 Å². The van der Waals surface area contributed by atoms with E-state index in [1.54, 1.807) is 0 Å². The van der Waals surface area contributed by atoms with E-state index in [-0.39, 0.29) is 23.6 Å². The van der Waals surface area contributed by atoms with E-state index in [0.717, 1.165) is 25.8 Å². The Hall–Kier alpha value is -0.820. The zero-order valence-corrected chi connectivity index (χ0v) is 15.3. The van der Waals surface area contributed by atoms with Gasteiger partial charge >= 0.3 is 6.09 Å². The average molecular weight is 346 g/mol. The molecule has 7 heteroatoms. The van der Waals surface area contributed by atoms with Gasteiger partial charge in [-0.2, -0.15) is 0 Å². The van der Waals surface area contributed by atoms with Gasteiger partial charge in [0, 0.05) is 18.6 Å². The summed E-state index contributed by atoms with van der Waals surface area (Å²) in [5.41, 5.74) is -0.462. The van der Waals surface area contributed by atoms with Gasteiger partial charge < -0.3 is 15.0 Å². The molecule has 0 aromatic carbocycles. The van der Waals surface area contributed by atoms with E-state index in [2.05, 4.69) is 5.32 Å². The summed E-state index contributed by atoms with van der Waals surface area (Å²) in [5, 5.41) is 3.42. The van der Waals surface area contributed by atoms with E-state index in [1.165, 1.54) is 0 Å². The van der Waals surface area contributed by atoms with E-state index in [4.69, 9.17) is 4.74 Å². The SMILES string of the molecule is CC(C)(C)OC(=O)N(CCCNC1CCS(=O)(=O)CC1)C1CC1. The number of carbonyl (C=O) groups excluding carboxylic acids is 1. The van der Waals surface area contributed by atoms with Gasteiger partial charge in [-0.3, -0.25) is 0 Å². The normalized spacial score (nSPS) is 21.9. The Labute approximate surface area is 139 Å². The maximum Gasteiger partial charge on any atom is 0.410 e. The summed E-state index contributed by atoms with van der Waals surface area (Å²) >= 11 is 0. The van der Waals surface area contributed by atoms with E-state index in [9.17, 15) is 13.2 Å². The zero-order valence-electron chi connectivity index (χ0n) is 14.5. The highest BCUT2D eigenvalue weighted by molar-refractivity contribution is 7.91. The van der Waals surface area contributed by atoms with Crippen LogP contribution in [-0.4, -0.2) is 61.7 Å². The summed E-state index contributed by atoms with van der Waals surface area (Å²) in [4.78, 5) is 14.1.